The summed E-state index contributed by atoms with van der Waals surface area (Å²) >= 11 is 0. The van der Waals surface area contributed by atoms with Crippen molar-refractivity contribution in [1.29, 1.82) is 0 Å². The number of rotatable bonds is 3. The number of fused-ring (bicyclic) bond motifs is 5. The Morgan fingerprint density at radius 2 is 1.89 bits per heavy atom. The van der Waals surface area contributed by atoms with E-state index >= 15 is 0 Å². The minimum atomic E-state index is -0.634. The molecule has 10 nitrogen and oxygen atoms in total. The summed E-state index contributed by atoms with van der Waals surface area (Å²) in [4.78, 5) is 53.0. The van der Waals surface area contributed by atoms with Gasteiger partial charge in [0.05, 0.1) is 18.7 Å². The van der Waals surface area contributed by atoms with E-state index in [4.69, 9.17) is 9.15 Å². The smallest absolute Gasteiger partial charge is 0.419 e. The van der Waals surface area contributed by atoms with E-state index in [0.29, 0.717) is 30.7 Å². The summed E-state index contributed by atoms with van der Waals surface area (Å²) in [6.07, 6.45) is 2.46. The second kappa shape index (κ2) is 8.29. The van der Waals surface area contributed by atoms with Gasteiger partial charge in [-0.3, -0.25) is 29.2 Å². The molecule has 196 valence electrons. The van der Waals surface area contributed by atoms with Gasteiger partial charge in [-0.05, 0) is 56.1 Å². The lowest BCUT2D eigenvalue weighted by Crippen LogP contribution is -2.52. The second-order valence-electron chi connectivity index (χ2n) is 10.9. The Balaban J connectivity index is 1.08. The van der Waals surface area contributed by atoms with Crippen LogP contribution in [0.3, 0.4) is 0 Å². The van der Waals surface area contributed by atoms with E-state index in [-0.39, 0.29) is 29.4 Å². The van der Waals surface area contributed by atoms with Gasteiger partial charge in [-0.15, -0.1) is 0 Å². The van der Waals surface area contributed by atoms with Crippen molar-refractivity contribution in [3.05, 3.63) is 63.1 Å². The SMILES string of the molecule is Cn1c(=O)oc2ccc(CN3CCC4(CC3)COc3c4ccc4c3CN(C3CCC(=O)NC3=O)C4=O)cc21. The highest BCUT2D eigenvalue weighted by Gasteiger charge is 2.47. The predicted molar refractivity (Wildman–Crippen MR) is 136 cm³/mol. The number of nitrogens with one attached hydrogen (secondary N) is 1. The third-order valence-corrected chi connectivity index (χ3v) is 8.81. The lowest BCUT2D eigenvalue weighted by atomic mass is 9.74. The number of carbonyl (C=O) groups excluding carboxylic acids is 3. The minimum absolute atomic E-state index is 0.0929. The average Bonchev–Trinajstić information content (AvgIpc) is 3.53. The van der Waals surface area contributed by atoms with Crippen molar-refractivity contribution in [2.45, 2.75) is 50.2 Å². The molecular formula is C28H28N4O6. The van der Waals surface area contributed by atoms with Gasteiger partial charge in [0.25, 0.3) is 5.91 Å². The number of hydrogen-bond donors (Lipinski definition) is 1. The molecule has 2 aromatic carbocycles. The van der Waals surface area contributed by atoms with Crippen molar-refractivity contribution in [3.63, 3.8) is 0 Å². The maximum atomic E-state index is 13.2. The summed E-state index contributed by atoms with van der Waals surface area (Å²) < 4.78 is 13.1. The van der Waals surface area contributed by atoms with Crippen LogP contribution in [0.25, 0.3) is 11.1 Å². The summed E-state index contributed by atoms with van der Waals surface area (Å²) in [7, 11) is 1.72. The van der Waals surface area contributed by atoms with Crippen molar-refractivity contribution in [3.8, 4) is 5.75 Å². The van der Waals surface area contributed by atoms with Crippen LogP contribution >= 0.6 is 0 Å². The standard InChI is InChI=1S/C28H28N4O6/c1-30-21-12-16(2-6-22(21)38-27(30)36)13-31-10-8-28(9-11-31)15-37-24-18-14-32(20-5-7-23(33)29-25(20)34)26(35)17(18)3-4-19(24)28/h2-4,6,12,20H,5,7-11,13-15H2,1H3,(H,29,33,34). The highest BCUT2D eigenvalue weighted by atomic mass is 16.5. The first-order valence-corrected chi connectivity index (χ1v) is 13.1. The Labute approximate surface area is 218 Å². The third kappa shape index (κ3) is 3.43. The van der Waals surface area contributed by atoms with E-state index in [0.717, 1.165) is 60.4 Å². The molecular weight excluding hydrogens is 488 g/mol. The number of carbonyl (C=O) groups is 3. The first kappa shape index (κ1) is 23.2. The largest absolute Gasteiger partial charge is 0.492 e. The predicted octanol–water partition coefficient (Wildman–Crippen LogP) is 1.82. The van der Waals surface area contributed by atoms with E-state index in [1.807, 2.05) is 30.3 Å². The molecule has 1 atom stereocenters. The first-order valence-electron chi connectivity index (χ1n) is 13.1. The topological polar surface area (TPSA) is 114 Å². The molecule has 0 saturated carbocycles. The third-order valence-electron chi connectivity index (χ3n) is 8.81. The summed E-state index contributed by atoms with van der Waals surface area (Å²) in [5.74, 6) is -0.432. The van der Waals surface area contributed by atoms with Gasteiger partial charge in [0.2, 0.25) is 11.8 Å². The molecule has 4 aliphatic rings. The quantitative estimate of drug-likeness (QED) is 0.528. The van der Waals surface area contributed by atoms with Gasteiger partial charge in [-0.1, -0.05) is 12.1 Å². The molecule has 1 unspecified atom stereocenters. The van der Waals surface area contributed by atoms with Crippen molar-refractivity contribution < 1.29 is 23.5 Å². The number of oxazole rings is 1. The van der Waals surface area contributed by atoms with Crippen LogP contribution < -0.4 is 15.8 Å². The molecule has 2 saturated heterocycles. The van der Waals surface area contributed by atoms with Gasteiger partial charge in [0.15, 0.2) is 5.58 Å². The Bertz CT molecular complexity index is 1580. The Hall–Kier alpha value is -3.92. The van der Waals surface area contributed by atoms with Gasteiger partial charge in [0.1, 0.15) is 11.8 Å². The van der Waals surface area contributed by atoms with Gasteiger partial charge in [-0.2, -0.15) is 0 Å². The Morgan fingerprint density at radius 3 is 2.68 bits per heavy atom. The zero-order valence-electron chi connectivity index (χ0n) is 21.1. The Kier molecular flexibility index (Phi) is 5.07. The summed E-state index contributed by atoms with van der Waals surface area (Å²) in [6, 6.07) is 9.18. The minimum Gasteiger partial charge on any atom is -0.492 e. The number of benzene rings is 2. The van der Waals surface area contributed by atoms with Crippen LogP contribution in [-0.4, -0.2) is 57.8 Å². The van der Waals surface area contributed by atoms with Crippen LogP contribution in [0.2, 0.25) is 0 Å². The van der Waals surface area contributed by atoms with Crippen molar-refractivity contribution in [2.24, 2.45) is 7.05 Å². The average molecular weight is 517 g/mol. The van der Waals surface area contributed by atoms with Crippen LogP contribution in [-0.2, 0) is 35.1 Å². The number of aryl methyl sites for hydroxylation is 1. The molecule has 7 rings (SSSR count). The monoisotopic (exact) mass is 516 g/mol. The first-order chi connectivity index (χ1) is 18.3. The number of aromatic nitrogens is 1. The molecule has 5 heterocycles. The van der Waals surface area contributed by atoms with E-state index in [9.17, 15) is 19.2 Å². The molecule has 1 aromatic heterocycles. The normalized spacial score (nSPS) is 22.6. The number of likely N-dealkylation sites (tertiary alicyclic amines) is 1. The van der Waals surface area contributed by atoms with Gasteiger partial charge in [-0.25, -0.2) is 4.79 Å². The molecule has 1 spiro atoms. The van der Waals surface area contributed by atoms with Crippen molar-refractivity contribution in [1.82, 2.24) is 19.7 Å². The maximum absolute atomic E-state index is 13.2. The highest BCUT2D eigenvalue weighted by Crippen LogP contribution is 2.49. The maximum Gasteiger partial charge on any atom is 0.419 e. The highest BCUT2D eigenvalue weighted by molar-refractivity contribution is 6.05. The molecule has 38 heavy (non-hydrogen) atoms. The lowest BCUT2D eigenvalue weighted by molar-refractivity contribution is -0.136. The van der Waals surface area contributed by atoms with Crippen LogP contribution in [0.4, 0.5) is 0 Å². The summed E-state index contributed by atoms with van der Waals surface area (Å²) in [5, 5.41) is 2.36. The molecule has 10 heteroatoms. The van der Waals surface area contributed by atoms with Crippen molar-refractivity contribution >= 4 is 28.8 Å². The van der Waals surface area contributed by atoms with Crippen LogP contribution in [0.5, 0.6) is 5.75 Å². The molecule has 0 aliphatic carbocycles. The number of ether oxygens (including phenoxy) is 1. The molecule has 3 amide bonds. The van der Waals surface area contributed by atoms with E-state index in [2.05, 4.69) is 10.2 Å². The van der Waals surface area contributed by atoms with E-state index in [1.54, 1.807) is 11.9 Å². The molecule has 2 fully saturated rings. The fourth-order valence-electron chi connectivity index (χ4n) is 6.57. The fourth-order valence-corrected chi connectivity index (χ4v) is 6.57. The fraction of sp³-hybridized carbons (Fsp3) is 0.429. The van der Waals surface area contributed by atoms with Gasteiger partial charge in [0, 0.05) is 42.1 Å². The molecule has 4 aliphatic heterocycles. The molecule has 0 radical (unpaired) electrons. The summed E-state index contributed by atoms with van der Waals surface area (Å²) in [6.45, 7) is 3.51. The lowest BCUT2D eigenvalue weighted by Gasteiger charge is -2.38. The van der Waals surface area contributed by atoms with Crippen LogP contribution in [0.1, 0.15) is 52.7 Å². The number of nitrogens with zero attached hydrogens (tertiary/aromatic N) is 3. The molecule has 1 N–H and O–H groups in total. The molecule has 0 bridgehead atoms. The number of piperidine rings is 2. The van der Waals surface area contributed by atoms with E-state index in [1.165, 1.54) is 4.57 Å². The summed E-state index contributed by atoms with van der Waals surface area (Å²) in [5.41, 5.74) is 5.04. The van der Waals surface area contributed by atoms with Crippen LogP contribution in [0.15, 0.2) is 39.5 Å². The number of imide groups is 1. The Morgan fingerprint density at radius 1 is 1.08 bits per heavy atom. The second-order valence-corrected chi connectivity index (χ2v) is 10.9. The number of amides is 3. The van der Waals surface area contributed by atoms with Crippen LogP contribution in [0, 0.1) is 0 Å². The van der Waals surface area contributed by atoms with Gasteiger partial charge < -0.3 is 14.1 Å². The van der Waals surface area contributed by atoms with E-state index < -0.39 is 11.9 Å². The molecule has 3 aromatic rings. The van der Waals surface area contributed by atoms with Gasteiger partial charge >= 0.3 is 5.76 Å². The van der Waals surface area contributed by atoms with Crippen molar-refractivity contribution in [2.75, 3.05) is 19.7 Å². The number of hydrogen-bond acceptors (Lipinski definition) is 7. The zero-order chi connectivity index (χ0) is 26.2. The zero-order valence-corrected chi connectivity index (χ0v) is 21.1.